The lowest BCUT2D eigenvalue weighted by Crippen LogP contribution is -2.62. The molecule has 5 nitrogen and oxygen atoms in total. The van der Waals surface area contributed by atoms with E-state index in [2.05, 4.69) is 16.7 Å². The summed E-state index contributed by atoms with van der Waals surface area (Å²) >= 11 is 0. The summed E-state index contributed by atoms with van der Waals surface area (Å²) in [6, 6.07) is 1.08. The number of ether oxygens (including phenoxy) is 2. The number of carbonyl (C=O) groups is 1. The molecule has 2 heterocycles. The Labute approximate surface area is 122 Å². The highest BCUT2D eigenvalue weighted by atomic mass is 16.5. The molecule has 5 heteroatoms. The van der Waals surface area contributed by atoms with E-state index in [9.17, 15) is 4.79 Å². The summed E-state index contributed by atoms with van der Waals surface area (Å²) < 4.78 is 10.8. The van der Waals surface area contributed by atoms with Gasteiger partial charge >= 0.3 is 0 Å². The van der Waals surface area contributed by atoms with Gasteiger partial charge in [-0.1, -0.05) is 6.92 Å². The van der Waals surface area contributed by atoms with Gasteiger partial charge in [0.25, 0.3) is 0 Å². The number of rotatable bonds is 8. The number of amides is 1. The fraction of sp³-hybridized carbons (Fsp3) is 0.933. The zero-order valence-corrected chi connectivity index (χ0v) is 13.0. The SMILES string of the molecule is CCN1CC2C1CCN2C(=O)CCOCCOC(C)C. The molecule has 2 saturated heterocycles. The van der Waals surface area contributed by atoms with Crippen molar-refractivity contribution < 1.29 is 14.3 Å². The van der Waals surface area contributed by atoms with E-state index in [1.54, 1.807) is 0 Å². The molecule has 2 atom stereocenters. The minimum Gasteiger partial charge on any atom is -0.379 e. The van der Waals surface area contributed by atoms with Crippen molar-refractivity contribution in [2.45, 2.75) is 51.8 Å². The number of nitrogens with zero attached hydrogens (tertiary/aromatic N) is 2. The molecule has 2 aliphatic heterocycles. The van der Waals surface area contributed by atoms with Crippen molar-refractivity contribution in [2.24, 2.45) is 0 Å². The second kappa shape index (κ2) is 7.38. The molecule has 2 fully saturated rings. The standard InChI is InChI=1S/C15H28N2O3/c1-4-16-11-14-13(16)5-7-17(14)15(18)6-8-19-9-10-20-12(2)3/h12-14H,4-11H2,1-3H3. The Kier molecular flexibility index (Phi) is 5.81. The first-order valence-corrected chi connectivity index (χ1v) is 7.86. The highest BCUT2D eigenvalue weighted by Crippen LogP contribution is 2.32. The Bertz CT molecular complexity index is 322. The van der Waals surface area contributed by atoms with Crippen LogP contribution in [0, 0.1) is 0 Å². The van der Waals surface area contributed by atoms with Crippen molar-refractivity contribution in [1.82, 2.24) is 9.80 Å². The average molecular weight is 284 g/mol. The van der Waals surface area contributed by atoms with Gasteiger partial charge in [-0.2, -0.15) is 0 Å². The number of hydrogen-bond donors (Lipinski definition) is 0. The van der Waals surface area contributed by atoms with Crippen LogP contribution in [0.3, 0.4) is 0 Å². The Hall–Kier alpha value is -0.650. The Morgan fingerprint density at radius 3 is 2.75 bits per heavy atom. The molecule has 0 aromatic heterocycles. The van der Waals surface area contributed by atoms with Crippen LogP contribution < -0.4 is 0 Å². The molecule has 0 spiro atoms. The molecular formula is C15H28N2O3. The van der Waals surface area contributed by atoms with E-state index in [0.717, 1.165) is 26.1 Å². The van der Waals surface area contributed by atoms with Crippen LogP contribution in [0.15, 0.2) is 0 Å². The maximum absolute atomic E-state index is 12.2. The van der Waals surface area contributed by atoms with Crippen molar-refractivity contribution in [3.8, 4) is 0 Å². The molecule has 2 unspecified atom stereocenters. The minimum atomic E-state index is 0.238. The van der Waals surface area contributed by atoms with Crippen molar-refractivity contribution in [3.63, 3.8) is 0 Å². The normalized spacial score (nSPS) is 25.9. The van der Waals surface area contributed by atoms with Crippen LogP contribution in [-0.2, 0) is 14.3 Å². The summed E-state index contributed by atoms with van der Waals surface area (Å²) in [5, 5.41) is 0. The van der Waals surface area contributed by atoms with Gasteiger partial charge in [0.15, 0.2) is 0 Å². The maximum Gasteiger partial charge on any atom is 0.225 e. The fourth-order valence-corrected chi connectivity index (χ4v) is 3.14. The zero-order valence-electron chi connectivity index (χ0n) is 13.0. The second-order valence-corrected chi connectivity index (χ2v) is 5.88. The molecule has 20 heavy (non-hydrogen) atoms. The van der Waals surface area contributed by atoms with Crippen LogP contribution in [0.25, 0.3) is 0 Å². The maximum atomic E-state index is 12.2. The fourth-order valence-electron chi connectivity index (χ4n) is 3.14. The van der Waals surface area contributed by atoms with Gasteiger partial charge in [0.2, 0.25) is 5.91 Å². The molecule has 2 rings (SSSR count). The Balaban J connectivity index is 1.57. The number of likely N-dealkylation sites (N-methyl/N-ethyl adjacent to an activating group) is 1. The number of likely N-dealkylation sites (tertiary alicyclic amines) is 2. The van der Waals surface area contributed by atoms with Crippen LogP contribution in [0.2, 0.25) is 0 Å². The second-order valence-electron chi connectivity index (χ2n) is 5.88. The van der Waals surface area contributed by atoms with Gasteiger partial charge in [0, 0.05) is 19.1 Å². The lowest BCUT2D eigenvalue weighted by Gasteiger charge is -2.46. The summed E-state index contributed by atoms with van der Waals surface area (Å²) in [6.45, 7) is 10.9. The third kappa shape index (κ3) is 3.71. The van der Waals surface area contributed by atoms with Gasteiger partial charge in [-0.25, -0.2) is 0 Å². The smallest absolute Gasteiger partial charge is 0.225 e. The zero-order chi connectivity index (χ0) is 14.5. The monoisotopic (exact) mass is 284 g/mol. The van der Waals surface area contributed by atoms with Crippen molar-refractivity contribution in [3.05, 3.63) is 0 Å². The van der Waals surface area contributed by atoms with E-state index in [1.165, 1.54) is 0 Å². The minimum absolute atomic E-state index is 0.238. The summed E-state index contributed by atoms with van der Waals surface area (Å²) in [7, 11) is 0. The molecule has 0 radical (unpaired) electrons. The van der Waals surface area contributed by atoms with Crippen molar-refractivity contribution in [2.75, 3.05) is 39.5 Å². The lowest BCUT2D eigenvalue weighted by atomic mass is 9.97. The Morgan fingerprint density at radius 2 is 2.05 bits per heavy atom. The van der Waals surface area contributed by atoms with Gasteiger partial charge in [-0.05, 0) is 26.8 Å². The van der Waals surface area contributed by atoms with E-state index < -0.39 is 0 Å². The third-order valence-electron chi connectivity index (χ3n) is 4.27. The Morgan fingerprint density at radius 1 is 1.25 bits per heavy atom. The molecule has 0 aliphatic carbocycles. The first-order chi connectivity index (χ1) is 9.63. The van der Waals surface area contributed by atoms with Crippen LogP contribution in [-0.4, -0.2) is 73.3 Å². The number of fused-ring (bicyclic) bond motifs is 1. The van der Waals surface area contributed by atoms with Gasteiger partial charge in [-0.15, -0.1) is 0 Å². The number of hydrogen-bond acceptors (Lipinski definition) is 4. The largest absolute Gasteiger partial charge is 0.379 e. The van der Waals surface area contributed by atoms with E-state index >= 15 is 0 Å². The van der Waals surface area contributed by atoms with Crippen LogP contribution >= 0.6 is 0 Å². The lowest BCUT2D eigenvalue weighted by molar-refractivity contribution is -0.136. The van der Waals surface area contributed by atoms with E-state index in [-0.39, 0.29) is 12.0 Å². The van der Waals surface area contributed by atoms with Gasteiger partial charge in [0.05, 0.1) is 38.4 Å². The average Bonchev–Trinajstić information content (AvgIpc) is 2.71. The molecule has 0 aromatic rings. The molecule has 0 bridgehead atoms. The van der Waals surface area contributed by atoms with E-state index in [0.29, 0.717) is 38.3 Å². The molecule has 2 aliphatic rings. The van der Waals surface area contributed by atoms with Crippen LogP contribution in [0.1, 0.15) is 33.6 Å². The van der Waals surface area contributed by atoms with E-state index in [1.807, 2.05) is 13.8 Å². The summed E-state index contributed by atoms with van der Waals surface area (Å²) in [5.41, 5.74) is 0. The van der Waals surface area contributed by atoms with Crippen LogP contribution in [0.4, 0.5) is 0 Å². The summed E-state index contributed by atoms with van der Waals surface area (Å²) in [5.74, 6) is 0.248. The predicted molar refractivity (Wildman–Crippen MR) is 77.7 cm³/mol. The first-order valence-electron chi connectivity index (χ1n) is 7.86. The molecule has 0 aromatic carbocycles. The van der Waals surface area contributed by atoms with Gasteiger partial charge in [0.1, 0.15) is 0 Å². The predicted octanol–water partition coefficient (Wildman–Crippen LogP) is 1.12. The molecular weight excluding hydrogens is 256 g/mol. The summed E-state index contributed by atoms with van der Waals surface area (Å²) in [4.78, 5) is 16.7. The molecule has 0 saturated carbocycles. The highest BCUT2D eigenvalue weighted by Gasteiger charge is 2.47. The third-order valence-corrected chi connectivity index (χ3v) is 4.27. The summed E-state index contributed by atoms with van der Waals surface area (Å²) in [6.07, 6.45) is 1.87. The first kappa shape index (κ1) is 15.7. The van der Waals surface area contributed by atoms with Gasteiger partial charge in [-0.3, -0.25) is 9.69 Å². The highest BCUT2D eigenvalue weighted by molar-refractivity contribution is 5.77. The molecule has 0 N–H and O–H groups in total. The van der Waals surface area contributed by atoms with Crippen molar-refractivity contribution >= 4 is 5.91 Å². The van der Waals surface area contributed by atoms with Gasteiger partial charge < -0.3 is 14.4 Å². The van der Waals surface area contributed by atoms with E-state index in [4.69, 9.17) is 9.47 Å². The number of carbonyl (C=O) groups excluding carboxylic acids is 1. The van der Waals surface area contributed by atoms with Crippen molar-refractivity contribution in [1.29, 1.82) is 0 Å². The molecule has 116 valence electrons. The molecule has 1 amide bonds. The van der Waals surface area contributed by atoms with Crippen LogP contribution in [0.5, 0.6) is 0 Å². The quantitative estimate of drug-likeness (QED) is 0.627. The topological polar surface area (TPSA) is 42.0 Å².